The van der Waals surface area contributed by atoms with Gasteiger partial charge in [-0.1, -0.05) is 13.3 Å². The van der Waals surface area contributed by atoms with E-state index in [0.29, 0.717) is 40.5 Å². The van der Waals surface area contributed by atoms with E-state index in [0.717, 1.165) is 35.3 Å². The van der Waals surface area contributed by atoms with Crippen LogP contribution in [0.2, 0.25) is 0 Å². The summed E-state index contributed by atoms with van der Waals surface area (Å²) in [4.78, 5) is 35.1. The maximum absolute atomic E-state index is 13.5. The molecule has 2 amide bonds. The molecule has 0 aromatic carbocycles. The van der Waals surface area contributed by atoms with Crippen molar-refractivity contribution >= 4 is 29.8 Å². The molecular formula is C28H37N7O4S. The molecule has 0 bridgehead atoms. The normalized spacial score (nSPS) is 13.2. The lowest BCUT2D eigenvalue weighted by molar-refractivity contribution is 0.0793. The lowest BCUT2D eigenvalue weighted by Gasteiger charge is -2.33. The number of ether oxygens (including phenoxy) is 1. The van der Waals surface area contributed by atoms with Gasteiger partial charge in [-0.05, 0) is 64.6 Å². The number of carbonyl (C=O) groups is 2. The second-order valence-corrected chi connectivity index (χ2v) is 11.7. The number of rotatable bonds is 7. The van der Waals surface area contributed by atoms with Crippen LogP contribution in [0.15, 0.2) is 16.7 Å². The van der Waals surface area contributed by atoms with Gasteiger partial charge in [-0.15, -0.1) is 0 Å². The molecule has 4 rings (SSSR count). The van der Waals surface area contributed by atoms with Crippen molar-refractivity contribution in [3.05, 3.63) is 45.9 Å². The standard InChI is InChI=1S/C28H37N7O4S/c1-9-10-11-33(7)26(36)18-12-20-22-19(18)15-40-32-25(35(27(37)38)28(4,5)6)23(22)31-34(30-20)14-21-17(3)24(39-8)16(2)13-29-21/h12-13H,9-11,14-15H2,1-8H3,(H,37,38). The first-order valence-corrected chi connectivity index (χ1v) is 14.2. The molecule has 1 aromatic rings. The van der Waals surface area contributed by atoms with Crippen LogP contribution in [0.5, 0.6) is 5.75 Å². The van der Waals surface area contributed by atoms with Crippen molar-refractivity contribution in [2.75, 3.05) is 20.7 Å². The predicted octanol–water partition coefficient (Wildman–Crippen LogP) is 5.01. The number of methoxy groups -OCH3 is 1. The van der Waals surface area contributed by atoms with Crippen LogP contribution < -0.4 is 4.74 Å². The molecule has 40 heavy (non-hydrogen) atoms. The van der Waals surface area contributed by atoms with Gasteiger partial charge in [0, 0.05) is 53.3 Å². The smallest absolute Gasteiger partial charge is 0.413 e. The number of unbranched alkanes of at least 4 members (excludes halogenated alkanes) is 1. The Kier molecular flexibility index (Phi) is 8.38. The lowest BCUT2D eigenvalue weighted by Crippen LogP contribution is -2.49. The molecule has 0 fully saturated rings. The number of nitrogens with zero attached hydrogens (tertiary/aromatic N) is 7. The molecule has 11 nitrogen and oxygen atoms in total. The topological polar surface area (TPSA) is 126 Å². The maximum atomic E-state index is 13.5. The summed E-state index contributed by atoms with van der Waals surface area (Å²) in [5.74, 6) is 1.24. The lowest BCUT2D eigenvalue weighted by atomic mass is 10.0. The Bertz CT molecular complexity index is 1440. The summed E-state index contributed by atoms with van der Waals surface area (Å²) in [6, 6.07) is 1.79. The molecule has 214 valence electrons. The van der Waals surface area contributed by atoms with Gasteiger partial charge in [-0.3, -0.25) is 14.7 Å². The first kappa shape index (κ1) is 29.3. The summed E-state index contributed by atoms with van der Waals surface area (Å²) < 4.78 is 10.2. The van der Waals surface area contributed by atoms with Crippen molar-refractivity contribution in [1.82, 2.24) is 29.8 Å². The molecule has 1 aromatic heterocycles. The molecule has 3 aliphatic rings. The van der Waals surface area contributed by atoms with Crippen LogP contribution in [-0.2, 0) is 12.3 Å². The molecule has 1 aliphatic carbocycles. The summed E-state index contributed by atoms with van der Waals surface area (Å²) in [5, 5.41) is 19.8. The fourth-order valence-electron chi connectivity index (χ4n) is 4.92. The number of hydrogen-bond acceptors (Lipinski definition) is 8. The zero-order valence-electron chi connectivity index (χ0n) is 24.4. The third-order valence-electron chi connectivity index (χ3n) is 6.95. The first-order chi connectivity index (χ1) is 18.9. The van der Waals surface area contributed by atoms with Crippen molar-refractivity contribution in [3.63, 3.8) is 0 Å². The minimum atomic E-state index is -1.14. The Labute approximate surface area is 239 Å². The third kappa shape index (κ3) is 5.49. The Morgan fingerprint density at radius 3 is 2.58 bits per heavy atom. The quantitative estimate of drug-likeness (QED) is 0.395. The largest absolute Gasteiger partial charge is 0.496 e. The van der Waals surface area contributed by atoms with Crippen LogP contribution in [0.3, 0.4) is 0 Å². The van der Waals surface area contributed by atoms with Gasteiger partial charge in [0.2, 0.25) is 0 Å². The van der Waals surface area contributed by atoms with Gasteiger partial charge >= 0.3 is 6.09 Å². The predicted molar refractivity (Wildman–Crippen MR) is 155 cm³/mol. The van der Waals surface area contributed by atoms with Gasteiger partial charge in [0.05, 0.1) is 18.5 Å². The van der Waals surface area contributed by atoms with E-state index >= 15 is 0 Å². The Hall–Kier alpha value is -3.67. The Morgan fingerprint density at radius 1 is 1.23 bits per heavy atom. The monoisotopic (exact) mass is 567 g/mol. The van der Waals surface area contributed by atoms with E-state index < -0.39 is 11.6 Å². The summed E-state index contributed by atoms with van der Waals surface area (Å²) in [5.41, 5.74) is 4.57. The molecule has 0 atom stereocenters. The third-order valence-corrected chi connectivity index (χ3v) is 7.67. The van der Waals surface area contributed by atoms with Crippen molar-refractivity contribution in [1.29, 1.82) is 0 Å². The van der Waals surface area contributed by atoms with Crippen molar-refractivity contribution < 1.29 is 19.4 Å². The molecule has 1 N–H and O–H groups in total. The van der Waals surface area contributed by atoms with E-state index in [-0.39, 0.29) is 18.3 Å². The average Bonchev–Trinajstić information content (AvgIpc) is 3.14. The highest BCUT2D eigenvalue weighted by Gasteiger charge is 2.38. The first-order valence-electron chi connectivity index (χ1n) is 13.3. The van der Waals surface area contributed by atoms with E-state index in [1.54, 1.807) is 52.1 Å². The summed E-state index contributed by atoms with van der Waals surface area (Å²) in [6.45, 7) is 12.2. The van der Waals surface area contributed by atoms with Crippen LogP contribution in [0.4, 0.5) is 4.79 Å². The molecule has 12 heteroatoms. The van der Waals surface area contributed by atoms with Crippen LogP contribution in [0, 0.1) is 13.8 Å². The minimum absolute atomic E-state index is 0.102. The Balaban J connectivity index is 1.93. The molecule has 2 aliphatic heterocycles. The zero-order valence-corrected chi connectivity index (χ0v) is 25.2. The van der Waals surface area contributed by atoms with E-state index in [2.05, 4.69) is 16.3 Å². The van der Waals surface area contributed by atoms with Crippen LogP contribution in [0.1, 0.15) is 79.0 Å². The van der Waals surface area contributed by atoms with Crippen LogP contribution in [0.25, 0.3) is 11.3 Å². The van der Waals surface area contributed by atoms with Crippen LogP contribution >= 0.6 is 11.9 Å². The molecular weight excluding hydrogens is 530 g/mol. The summed E-state index contributed by atoms with van der Waals surface area (Å²) in [7, 11) is 3.42. The van der Waals surface area contributed by atoms with Crippen molar-refractivity contribution in [2.24, 2.45) is 4.40 Å². The second kappa shape index (κ2) is 11.4. The second-order valence-electron chi connectivity index (χ2n) is 11.0. The van der Waals surface area contributed by atoms with Gasteiger partial charge in [0.15, 0.2) is 5.84 Å². The maximum Gasteiger partial charge on any atom is 0.413 e. The number of aryl methyl sites for hydroxylation is 1. The average molecular weight is 568 g/mol. The van der Waals surface area contributed by atoms with Crippen molar-refractivity contribution in [3.8, 4) is 17.0 Å². The van der Waals surface area contributed by atoms with Gasteiger partial charge in [-0.2, -0.15) is 19.4 Å². The summed E-state index contributed by atoms with van der Waals surface area (Å²) >= 11 is 1.21. The number of pyridine rings is 1. The molecule has 3 heterocycles. The fraction of sp³-hybridized carbons (Fsp3) is 0.500. The van der Waals surface area contributed by atoms with Gasteiger partial charge in [0.1, 0.15) is 18.0 Å². The minimum Gasteiger partial charge on any atom is -0.496 e. The van der Waals surface area contributed by atoms with Crippen molar-refractivity contribution in [2.45, 2.75) is 72.2 Å². The van der Waals surface area contributed by atoms with E-state index in [9.17, 15) is 14.7 Å². The number of carboxylic acid groups (broad SMARTS) is 1. The molecule has 0 unspecified atom stereocenters. The van der Waals surface area contributed by atoms with E-state index in [1.165, 1.54) is 21.6 Å². The highest BCUT2D eigenvalue weighted by molar-refractivity contribution is 7.97. The number of amides is 2. The molecule has 0 saturated heterocycles. The van der Waals surface area contributed by atoms with Crippen LogP contribution in [-0.4, -0.2) is 79.0 Å². The number of amidine groups is 1. The molecule has 0 saturated carbocycles. The highest BCUT2D eigenvalue weighted by Crippen LogP contribution is 2.40. The van der Waals surface area contributed by atoms with Gasteiger partial charge < -0.3 is 14.7 Å². The molecule has 0 spiro atoms. The SMILES string of the molecule is CCCCN(C)C(=O)c1cc2nn(Cc3ncc(C)c(OC)c3C)nc3c-2c1CSN=C3N(C(=O)O)C(C)(C)C. The van der Waals surface area contributed by atoms with E-state index in [1.807, 2.05) is 13.8 Å². The van der Waals surface area contributed by atoms with E-state index in [4.69, 9.17) is 14.9 Å². The Morgan fingerprint density at radius 2 is 1.95 bits per heavy atom. The number of carbonyl (C=O) groups excluding carboxylic acids is 1. The number of hydrogen-bond donors (Lipinski definition) is 1. The molecule has 0 radical (unpaired) electrons. The zero-order chi connectivity index (χ0) is 29.4. The highest BCUT2D eigenvalue weighted by atomic mass is 32.2. The van der Waals surface area contributed by atoms with Gasteiger partial charge in [0.25, 0.3) is 5.91 Å². The van der Waals surface area contributed by atoms with Gasteiger partial charge in [-0.25, -0.2) is 4.79 Å². The fourth-order valence-corrected chi connectivity index (χ4v) is 5.70. The summed E-state index contributed by atoms with van der Waals surface area (Å²) in [6.07, 6.45) is 2.48. The number of aromatic nitrogens is 4.